The molecule has 0 fully saturated rings. The van der Waals surface area contributed by atoms with Crippen molar-refractivity contribution in [2.75, 3.05) is 30.4 Å². The molecule has 3 rings (SSSR count). The van der Waals surface area contributed by atoms with Gasteiger partial charge in [-0.05, 0) is 62.7 Å². The molecule has 0 bridgehead atoms. The highest BCUT2D eigenvalue weighted by Gasteiger charge is 2.28. The van der Waals surface area contributed by atoms with Crippen molar-refractivity contribution < 1.29 is 37.0 Å². The lowest BCUT2D eigenvalue weighted by Gasteiger charge is -2.13. The fraction of sp³-hybridized carbons (Fsp3) is 0.240. The van der Waals surface area contributed by atoms with Crippen molar-refractivity contribution in [1.82, 2.24) is 0 Å². The summed E-state index contributed by atoms with van der Waals surface area (Å²) in [6.07, 6.45) is 0. The highest BCUT2D eigenvalue weighted by molar-refractivity contribution is 7.92. The minimum Gasteiger partial charge on any atom is -0.497 e. The van der Waals surface area contributed by atoms with Gasteiger partial charge < -0.3 is 19.5 Å². The first-order valence-corrected chi connectivity index (χ1v) is 13.5. The molecule has 12 heteroatoms. The van der Waals surface area contributed by atoms with Crippen LogP contribution in [0.4, 0.5) is 10.7 Å². The number of ether oxygens (including phenoxy) is 3. The van der Waals surface area contributed by atoms with Gasteiger partial charge in [-0.3, -0.25) is 9.52 Å². The first-order valence-electron chi connectivity index (χ1n) is 11.2. The normalized spacial score (nSPS) is 10.9. The van der Waals surface area contributed by atoms with Gasteiger partial charge in [0.2, 0.25) is 0 Å². The first kappa shape index (κ1) is 27.7. The Morgan fingerprint density at radius 2 is 1.54 bits per heavy atom. The van der Waals surface area contributed by atoms with Crippen LogP contribution in [0.1, 0.15) is 49.8 Å². The third-order valence-corrected chi connectivity index (χ3v) is 7.67. The highest BCUT2D eigenvalue weighted by Crippen LogP contribution is 2.35. The number of thiophene rings is 1. The number of carbonyl (C=O) groups excluding carboxylic acids is 3. The smallest absolute Gasteiger partial charge is 0.348 e. The quantitative estimate of drug-likeness (QED) is 0.355. The summed E-state index contributed by atoms with van der Waals surface area (Å²) in [6.45, 7) is 5.07. The van der Waals surface area contributed by atoms with Crippen LogP contribution in [0, 0.1) is 6.92 Å². The van der Waals surface area contributed by atoms with Gasteiger partial charge in [0.25, 0.3) is 15.9 Å². The maximum Gasteiger partial charge on any atom is 0.348 e. The third-order valence-electron chi connectivity index (χ3n) is 5.10. The number of nitrogens with one attached hydrogen (secondary N) is 2. The Balaban J connectivity index is 1.95. The van der Waals surface area contributed by atoms with Crippen molar-refractivity contribution in [3.05, 3.63) is 70.1 Å². The van der Waals surface area contributed by atoms with E-state index in [1.807, 2.05) is 0 Å². The van der Waals surface area contributed by atoms with Crippen LogP contribution in [0.2, 0.25) is 0 Å². The summed E-state index contributed by atoms with van der Waals surface area (Å²) in [5.74, 6) is -1.56. The average Bonchev–Trinajstić information content (AvgIpc) is 3.20. The van der Waals surface area contributed by atoms with E-state index in [-0.39, 0.29) is 44.8 Å². The van der Waals surface area contributed by atoms with E-state index in [4.69, 9.17) is 14.2 Å². The Labute approximate surface area is 218 Å². The summed E-state index contributed by atoms with van der Waals surface area (Å²) in [5, 5.41) is 2.71. The molecule has 1 heterocycles. The minimum atomic E-state index is -4.03. The van der Waals surface area contributed by atoms with Crippen molar-refractivity contribution >= 4 is 49.9 Å². The van der Waals surface area contributed by atoms with E-state index in [0.717, 1.165) is 11.3 Å². The van der Waals surface area contributed by atoms with Crippen molar-refractivity contribution in [3.63, 3.8) is 0 Å². The molecule has 0 aliphatic carbocycles. The van der Waals surface area contributed by atoms with E-state index in [0.29, 0.717) is 11.3 Å². The predicted molar refractivity (Wildman–Crippen MR) is 139 cm³/mol. The van der Waals surface area contributed by atoms with Crippen LogP contribution < -0.4 is 14.8 Å². The lowest BCUT2D eigenvalue weighted by molar-refractivity contribution is 0.0527. The highest BCUT2D eigenvalue weighted by atomic mass is 32.2. The molecule has 0 spiro atoms. The van der Waals surface area contributed by atoms with E-state index in [2.05, 4.69) is 10.0 Å². The van der Waals surface area contributed by atoms with Crippen LogP contribution in [-0.2, 0) is 19.5 Å². The van der Waals surface area contributed by atoms with Gasteiger partial charge >= 0.3 is 11.9 Å². The van der Waals surface area contributed by atoms with Crippen molar-refractivity contribution in [2.24, 2.45) is 0 Å². The number of methoxy groups -OCH3 is 1. The van der Waals surface area contributed by atoms with Gasteiger partial charge in [-0.15, -0.1) is 11.3 Å². The maximum atomic E-state index is 13.3. The number of para-hydroxylation sites is 1. The summed E-state index contributed by atoms with van der Waals surface area (Å²) in [4.78, 5) is 38.4. The van der Waals surface area contributed by atoms with Gasteiger partial charge in [-0.1, -0.05) is 12.1 Å². The second kappa shape index (κ2) is 11.9. The molecule has 3 aromatic rings. The van der Waals surface area contributed by atoms with E-state index in [9.17, 15) is 22.8 Å². The molecule has 2 N–H and O–H groups in total. The number of carbonyl (C=O) groups is 3. The van der Waals surface area contributed by atoms with Gasteiger partial charge in [-0.25, -0.2) is 18.0 Å². The first-order chi connectivity index (χ1) is 17.6. The molecule has 0 aliphatic rings. The number of rotatable bonds is 10. The van der Waals surface area contributed by atoms with Gasteiger partial charge in [0.05, 0.1) is 42.0 Å². The Morgan fingerprint density at radius 1 is 0.919 bits per heavy atom. The molecule has 2 aromatic carbocycles. The summed E-state index contributed by atoms with van der Waals surface area (Å²) in [5.41, 5.74) is 0.357. The molecule has 10 nitrogen and oxygen atoms in total. The van der Waals surface area contributed by atoms with Gasteiger partial charge in [0.15, 0.2) is 0 Å². The second-order valence-electron chi connectivity index (χ2n) is 7.48. The van der Waals surface area contributed by atoms with E-state index in [1.54, 1.807) is 32.9 Å². The van der Waals surface area contributed by atoms with Crippen molar-refractivity contribution in [2.45, 2.75) is 25.7 Å². The van der Waals surface area contributed by atoms with Crippen LogP contribution in [-0.4, -0.2) is 46.6 Å². The number of sulfonamides is 1. The standard InChI is InChI=1S/C25H26N2O8S2/c1-5-34-24(29)20-15(3)21(25(30)35-6-2)36-23(20)26-22(28)18-9-7-8-10-19(18)27-37(31,32)17-13-11-16(33-4)12-14-17/h7-14,27H,5-6H2,1-4H3,(H,26,28). The van der Waals surface area contributed by atoms with Crippen LogP contribution >= 0.6 is 11.3 Å². The fourth-order valence-electron chi connectivity index (χ4n) is 3.34. The monoisotopic (exact) mass is 546 g/mol. The lowest BCUT2D eigenvalue weighted by atomic mass is 10.1. The maximum absolute atomic E-state index is 13.3. The average molecular weight is 547 g/mol. The molecule has 196 valence electrons. The van der Waals surface area contributed by atoms with Crippen LogP contribution in [0.3, 0.4) is 0 Å². The Morgan fingerprint density at radius 3 is 2.16 bits per heavy atom. The summed E-state index contributed by atoms with van der Waals surface area (Å²) < 4.78 is 43.5. The number of esters is 2. The lowest BCUT2D eigenvalue weighted by Crippen LogP contribution is -2.19. The molecule has 1 amide bonds. The van der Waals surface area contributed by atoms with Gasteiger partial charge in [0, 0.05) is 0 Å². The predicted octanol–water partition coefficient (Wildman–Crippen LogP) is 4.47. The molecule has 0 saturated carbocycles. The molecular formula is C25H26N2O8S2. The van der Waals surface area contributed by atoms with E-state index < -0.39 is 27.9 Å². The van der Waals surface area contributed by atoms with Crippen LogP contribution in [0.25, 0.3) is 0 Å². The summed E-state index contributed by atoms with van der Waals surface area (Å²) in [6, 6.07) is 11.8. The number of benzene rings is 2. The molecular weight excluding hydrogens is 520 g/mol. The third kappa shape index (κ3) is 6.27. The van der Waals surface area contributed by atoms with Gasteiger partial charge in [0.1, 0.15) is 15.6 Å². The molecule has 0 atom stereocenters. The SMILES string of the molecule is CCOC(=O)c1sc(NC(=O)c2ccccc2NS(=O)(=O)c2ccc(OC)cc2)c(C(=O)OCC)c1C. The molecule has 0 aliphatic heterocycles. The Hall–Kier alpha value is -3.90. The molecule has 1 aromatic heterocycles. The number of hydrogen-bond donors (Lipinski definition) is 2. The zero-order chi connectivity index (χ0) is 27.2. The zero-order valence-corrected chi connectivity index (χ0v) is 22.2. The molecule has 0 unspecified atom stereocenters. The van der Waals surface area contributed by atoms with Crippen LogP contribution in [0.5, 0.6) is 5.75 Å². The minimum absolute atomic E-state index is 0.00173. The largest absolute Gasteiger partial charge is 0.497 e. The molecule has 0 saturated heterocycles. The van der Waals surface area contributed by atoms with Gasteiger partial charge in [-0.2, -0.15) is 0 Å². The summed E-state index contributed by atoms with van der Waals surface area (Å²) >= 11 is 0.873. The number of amides is 1. The molecule has 37 heavy (non-hydrogen) atoms. The van der Waals surface area contributed by atoms with E-state index >= 15 is 0 Å². The van der Waals surface area contributed by atoms with Crippen molar-refractivity contribution in [1.29, 1.82) is 0 Å². The zero-order valence-electron chi connectivity index (χ0n) is 20.6. The van der Waals surface area contributed by atoms with Crippen molar-refractivity contribution in [3.8, 4) is 5.75 Å². The Bertz CT molecular complexity index is 1410. The summed E-state index contributed by atoms with van der Waals surface area (Å²) in [7, 11) is -2.57. The second-order valence-corrected chi connectivity index (χ2v) is 10.2. The molecule has 0 radical (unpaired) electrons. The Kier molecular flexibility index (Phi) is 8.90. The fourth-order valence-corrected chi connectivity index (χ4v) is 5.50. The topological polar surface area (TPSA) is 137 Å². The van der Waals surface area contributed by atoms with E-state index in [1.165, 1.54) is 43.5 Å². The number of anilines is 2. The number of hydrogen-bond acceptors (Lipinski definition) is 9. The van der Waals surface area contributed by atoms with Crippen LogP contribution in [0.15, 0.2) is 53.4 Å².